The molecule has 0 heterocycles. The second-order valence-electron chi connectivity index (χ2n) is 16.4. The summed E-state index contributed by atoms with van der Waals surface area (Å²) in [6.07, 6.45) is 63.0. The van der Waals surface area contributed by atoms with Gasteiger partial charge in [-0.15, -0.1) is 0 Å². The van der Waals surface area contributed by atoms with Gasteiger partial charge in [0.25, 0.3) is 0 Å². The van der Waals surface area contributed by atoms with E-state index < -0.39 is 12.1 Å². The topological polar surface area (TPSA) is 78.9 Å². The lowest BCUT2D eigenvalue weighted by Crippen LogP contribution is -2.30. The molecule has 1 unspecified atom stereocenters. The number of carbonyl (C=O) groups excluding carboxylic acids is 3. The molecule has 0 radical (unpaired) electrons. The molecule has 6 nitrogen and oxygen atoms in total. The first-order valence-corrected chi connectivity index (χ1v) is 25.1. The van der Waals surface area contributed by atoms with Crippen LogP contribution in [-0.4, -0.2) is 37.2 Å². The minimum atomic E-state index is -0.821. The van der Waals surface area contributed by atoms with E-state index in [0.717, 1.165) is 96.3 Å². The van der Waals surface area contributed by atoms with Gasteiger partial charge in [0.05, 0.1) is 6.42 Å². The van der Waals surface area contributed by atoms with Crippen molar-refractivity contribution in [3.63, 3.8) is 0 Å². The summed E-state index contributed by atoms with van der Waals surface area (Å²) in [5.74, 6) is -1.06. The zero-order valence-electron chi connectivity index (χ0n) is 39.7. The van der Waals surface area contributed by atoms with Gasteiger partial charge < -0.3 is 14.2 Å². The van der Waals surface area contributed by atoms with E-state index in [4.69, 9.17) is 14.2 Å². The molecule has 0 aromatic carbocycles. The zero-order chi connectivity index (χ0) is 44.4. The lowest BCUT2D eigenvalue weighted by molar-refractivity contribution is -0.166. The van der Waals surface area contributed by atoms with Gasteiger partial charge in [-0.25, -0.2) is 0 Å². The molecule has 0 saturated carbocycles. The van der Waals surface area contributed by atoms with E-state index in [9.17, 15) is 14.4 Å². The van der Waals surface area contributed by atoms with Gasteiger partial charge in [-0.1, -0.05) is 215 Å². The monoisotopic (exact) mass is 849 g/mol. The number of unbranched alkanes of at least 4 members (excludes halogenated alkanes) is 20. The number of carbonyl (C=O) groups is 3. The van der Waals surface area contributed by atoms with E-state index in [0.29, 0.717) is 12.8 Å². The molecule has 0 rings (SSSR count). The fourth-order valence-corrected chi connectivity index (χ4v) is 6.66. The Bertz CT molecular complexity index is 1200. The third-order valence-electron chi connectivity index (χ3n) is 10.4. The van der Waals surface area contributed by atoms with Crippen LogP contribution in [0.25, 0.3) is 0 Å². The predicted molar refractivity (Wildman–Crippen MR) is 261 cm³/mol. The lowest BCUT2D eigenvalue weighted by atomic mass is 10.0. The summed E-state index contributed by atoms with van der Waals surface area (Å²) in [4.78, 5) is 37.9. The van der Waals surface area contributed by atoms with Gasteiger partial charge in [0.1, 0.15) is 13.2 Å². The molecule has 1 atom stereocenters. The number of hydrogen-bond acceptors (Lipinski definition) is 6. The van der Waals surface area contributed by atoms with E-state index in [1.165, 1.54) is 89.9 Å². The largest absolute Gasteiger partial charge is 0.462 e. The molecule has 0 amide bonds. The van der Waals surface area contributed by atoms with Crippen molar-refractivity contribution in [2.75, 3.05) is 13.2 Å². The fraction of sp³-hybridized carbons (Fsp3) is 0.691. The summed E-state index contributed by atoms with van der Waals surface area (Å²) < 4.78 is 16.7. The van der Waals surface area contributed by atoms with E-state index in [1.54, 1.807) is 6.08 Å². The van der Waals surface area contributed by atoms with Crippen LogP contribution in [-0.2, 0) is 28.6 Å². The minimum absolute atomic E-state index is 0.111. The molecule has 0 fully saturated rings. The van der Waals surface area contributed by atoms with Crippen molar-refractivity contribution >= 4 is 17.9 Å². The molecule has 0 N–H and O–H groups in total. The summed E-state index contributed by atoms with van der Waals surface area (Å²) in [6, 6.07) is 0. The Kier molecular flexibility index (Phi) is 46.5. The number of hydrogen-bond donors (Lipinski definition) is 0. The van der Waals surface area contributed by atoms with Crippen LogP contribution in [0.5, 0.6) is 0 Å². The molecule has 0 spiro atoms. The molecule has 0 aliphatic heterocycles. The van der Waals surface area contributed by atoms with Crippen LogP contribution < -0.4 is 0 Å². The van der Waals surface area contributed by atoms with Gasteiger partial charge in [-0.05, 0) is 77.0 Å². The van der Waals surface area contributed by atoms with Crippen molar-refractivity contribution < 1.29 is 28.6 Å². The van der Waals surface area contributed by atoms with Gasteiger partial charge in [0.2, 0.25) is 0 Å². The van der Waals surface area contributed by atoms with Crippen LogP contribution >= 0.6 is 0 Å². The summed E-state index contributed by atoms with van der Waals surface area (Å²) in [6.45, 7) is 6.39. The summed E-state index contributed by atoms with van der Waals surface area (Å²) >= 11 is 0. The highest BCUT2D eigenvalue weighted by Gasteiger charge is 2.19. The van der Waals surface area contributed by atoms with Crippen molar-refractivity contribution in [3.05, 3.63) is 85.1 Å². The molecule has 348 valence electrons. The first kappa shape index (κ1) is 57.6. The molecule has 61 heavy (non-hydrogen) atoms. The van der Waals surface area contributed by atoms with Crippen LogP contribution in [0.2, 0.25) is 0 Å². The average Bonchev–Trinajstić information content (AvgIpc) is 3.26. The second kappa shape index (κ2) is 49.2. The Morgan fingerprint density at radius 1 is 0.361 bits per heavy atom. The molecule has 6 heteroatoms. The standard InChI is InChI=1S/C55H92O6/c1-4-7-10-13-16-19-22-25-27-30-33-36-39-42-45-48-54(57)60-51-52(50-59-53(56)47-44-41-38-35-32-29-24-21-18-15-12-9-6-3)61-55(58)49-46-43-40-37-34-31-28-26-23-20-17-14-11-8-5-2/h7,10,16-17,19-20,25-28,33,36,42,45,52H,4-6,8-9,11-15,18,21-24,29-32,34-35,37-41,43-44,46-51H2,1-3H3/b10-7-,19-16-,20-17-,27-25-,28-26-,36-33-,45-42-. The smallest absolute Gasteiger partial charge is 0.309 e. The van der Waals surface area contributed by atoms with Crippen LogP contribution in [0, 0.1) is 0 Å². The molecule has 0 aromatic heterocycles. The van der Waals surface area contributed by atoms with E-state index >= 15 is 0 Å². The minimum Gasteiger partial charge on any atom is -0.462 e. The van der Waals surface area contributed by atoms with Gasteiger partial charge >= 0.3 is 17.9 Å². The highest BCUT2D eigenvalue weighted by Crippen LogP contribution is 2.14. The van der Waals surface area contributed by atoms with E-state index in [-0.39, 0.29) is 31.6 Å². The molecular formula is C55H92O6. The number of esters is 3. The van der Waals surface area contributed by atoms with E-state index in [2.05, 4.69) is 93.7 Å². The highest BCUT2D eigenvalue weighted by molar-refractivity contribution is 5.72. The summed E-state index contributed by atoms with van der Waals surface area (Å²) in [5.41, 5.74) is 0. The highest BCUT2D eigenvalue weighted by atomic mass is 16.6. The Balaban J connectivity index is 4.53. The number of rotatable bonds is 44. The summed E-state index contributed by atoms with van der Waals surface area (Å²) in [7, 11) is 0. The van der Waals surface area contributed by atoms with Crippen molar-refractivity contribution in [1.29, 1.82) is 0 Å². The van der Waals surface area contributed by atoms with Crippen molar-refractivity contribution in [2.24, 2.45) is 0 Å². The van der Waals surface area contributed by atoms with Gasteiger partial charge in [-0.3, -0.25) is 14.4 Å². The molecular weight excluding hydrogens is 757 g/mol. The first-order valence-electron chi connectivity index (χ1n) is 25.1. The number of allylic oxidation sites excluding steroid dienone is 13. The molecule has 0 aromatic rings. The quantitative estimate of drug-likeness (QED) is 0.0263. The SMILES string of the molecule is CC/C=C\C/C=C\C/C=C\C/C=C\C/C=C\CC(=O)OCC(COC(=O)CCCCCCCCCCCCCCC)OC(=O)CCCCCCC/C=C\C/C=C\CCCCC. The predicted octanol–water partition coefficient (Wildman–Crippen LogP) is 16.4. The van der Waals surface area contributed by atoms with Crippen molar-refractivity contribution in [1.82, 2.24) is 0 Å². The van der Waals surface area contributed by atoms with Gasteiger partial charge in [-0.2, -0.15) is 0 Å². The van der Waals surface area contributed by atoms with Crippen molar-refractivity contribution in [3.8, 4) is 0 Å². The maximum Gasteiger partial charge on any atom is 0.309 e. The zero-order valence-corrected chi connectivity index (χ0v) is 39.7. The maximum absolute atomic E-state index is 12.8. The van der Waals surface area contributed by atoms with Gasteiger partial charge in [0, 0.05) is 12.8 Å². The number of ether oxygens (including phenoxy) is 3. The van der Waals surface area contributed by atoms with Crippen molar-refractivity contribution in [2.45, 2.75) is 232 Å². The molecule has 0 aliphatic carbocycles. The Morgan fingerprint density at radius 3 is 1.18 bits per heavy atom. The molecule has 0 aliphatic rings. The fourth-order valence-electron chi connectivity index (χ4n) is 6.66. The third-order valence-corrected chi connectivity index (χ3v) is 10.4. The Hall–Kier alpha value is -3.41. The Morgan fingerprint density at radius 2 is 0.705 bits per heavy atom. The normalized spacial score (nSPS) is 12.8. The first-order chi connectivity index (χ1) is 30.0. The van der Waals surface area contributed by atoms with Gasteiger partial charge in [0.15, 0.2) is 6.10 Å². The van der Waals surface area contributed by atoms with E-state index in [1.807, 2.05) is 6.08 Å². The molecule has 0 saturated heterocycles. The lowest BCUT2D eigenvalue weighted by Gasteiger charge is -2.18. The second-order valence-corrected chi connectivity index (χ2v) is 16.4. The van der Waals surface area contributed by atoms with Crippen LogP contribution in [0.3, 0.4) is 0 Å². The Labute approximate surface area is 375 Å². The van der Waals surface area contributed by atoms with Crippen LogP contribution in [0.4, 0.5) is 0 Å². The van der Waals surface area contributed by atoms with Crippen LogP contribution in [0.15, 0.2) is 85.1 Å². The third kappa shape index (κ3) is 47.5. The maximum atomic E-state index is 12.8. The molecule has 0 bridgehead atoms. The summed E-state index contributed by atoms with van der Waals surface area (Å²) in [5, 5.41) is 0. The van der Waals surface area contributed by atoms with Crippen LogP contribution in [0.1, 0.15) is 226 Å². The average molecular weight is 849 g/mol.